The molecule has 11 heteroatoms. The Hall–Kier alpha value is -3.86. The highest BCUT2D eigenvalue weighted by Crippen LogP contribution is 2.31. The van der Waals surface area contributed by atoms with Crippen LogP contribution in [0.4, 0.5) is 18.9 Å². The van der Waals surface area contributed by atoms with Gasteiger partial charge in [0.2, 0.25) is 0 Å². The summed E-state index contributed by atoms with van der Waals surface area (Å²) in [6, 6.07) is 16.9. The van der Waals surface area contributed by atoms with E-state index < -0.39 is 34.2 Å². The van der Waals surface area contributed by atoms with Gasteiger partial charge in [0, 0.05) is 11.6 Å². The van der Waals surface area contributed by atoms with Gasteiger partial charge in [0.1, 0.15) is 12.3 Å². The molecule has 0 spiro atoms. The highest BCUT2D eigenvalue weighted by molar-refractivity contribution is 7.92. The average Bonchev–Trinajstić information content (AvgIpc) is 2.82. The first kappa shape index (κ1) is 25.8. The number of hydrogen-bond donors (Lipinski definition) is 1. The monoisotopic (exact) mass is 505 g/mol. The third-order valence-electron chi connectivity index (χ3n) is 4.90. The summed E-state index contributed by atoms with van der Waals surface area (Å²) in [6.45, 7) is 1.13. The van der Waals surface area contributed by atoms with Crippen molar-refractivity contribution < 1.29 is 31.1 Å². The smallest absolute Gasteiger partial charge is 0.417 e. The van der Waals surface area contributed by atoms with E-state index >= 15 is 0 Å². The maximum absolute atomic E-state index is 13.4. The van der Waals surface area contributed by atoms with E-state index in [-0.39, 0.29) is 16.1 Å². The van der Waals surface area contributed by atoms with Gasteiger partial charge >= 0.3 is 6.18 Å². The molecule has 0 unspecified atom stereocenters. The number of carbonyl (C=O) groups excluding carboxylic acids is 1. The summed E-state index contributed by atoms with van der Waals surface area (Å²) >= 11 is 0. The highest BCUT2D eigenvalue weighted by atomic mass is 32.2. The SMILES string of the molecule is COc1cccc(N(CC(=O)N/N=C\c2ccccc2C(F)(F)F)S(=O)(=O)c2ccc(C)cc2)c1. The maximum Gasteiger partial charge on any atom is 0.417 e. The summed E-state index contributed by atoms with van der Waals surface area (Å²) < 4.78 is 72.2. The van der Waals surface area contributed by atoms with Crippen molar-refractivity contribution in [2.75, 3.05) is 18.0 Å². The topological polar surface area (TPSA) is 88.1 Å². The minimum atomic E-state index is -4.60. The van der Waals surface area contributed by atoms with E-state index in [1.165, 1.54) is 49.6 Å². The van der Waals surface area contributed by atoms with Gasteiger partial charge in [0.15, 0.2) is 0 Å². The lowest BCUT2D eigenvalue weighted by atomic mass is 10.1. The van der Waals surface area contributed by atoms with Crippen molar-refractivity contribution >= 4 is 27.8 Å². The zero-order valence-corrected chi connectivity index (χ0v) is 19.6. The van der Waals surface area contributed by atoms with Crippen LogP contribution in [0.1, 0.15) is 16.7 Å². The number of benzene rings is 3. The Labute approximate surface area is 200 Å². The fraction of sp³-hybridized carbons (Fsp3) is 0.167. The van der Waals surface area contributed by atoms with Gasteiger partial charge in [-0.25, -0.2) is 13.8 Å². The highest BCUT2D eigenvalue weighted by Gasteiger charge is 2.32. The molecule has 3 rings (SSSR count). The predicted octanol–water partition coefficient (Wildman–Crippen LogP) is 4.37. The summed E-state index contributed by atoms with van der Waals surface area (Å²) in [4.78, 5) is 12.6. The molecular formula is C24H22F3N3O4S. The van der Waals surface area contributed by atoms with Gasteiger partial charge in [-0.2, -0.15) is 18.3 Å². The number of hydrazone groups is 1. The van der Waals surface area contributed by atoms with Gasteiger partial charge in [-0.05, 0) is 37.3 Å². The van der Waals surface area contributed by atoms with Crippen LogP contribution in [0.3, 0.4) is 0 Å². The molecule has 0 saturated heterocycles. The second-order valence-corrected chi connectivity index (χ2v) is 9.27. The normalized spacial score (nSPS) is 11.9. The van der Waals surface area contributed by atoms with Crippen LogP contribution in [0.2, 0.25) is 0 Å². The minimum Gasteiger partial charge on any atom is -0.497 e. The van der Waals surface area contributed by atoms with E-state index in [0.717, 1.165) is 22.1 Å². The predicted molar refractivity (Wildman–Crippen MR) is 126 cm³/mol. The lowest BCUT2D eigenvalue weighted by Crippen LogP contribution is -2.39. The van der Waals surface area contributed by atoms with E-state index in [4.69, 9.17) is 4.74 Å². The fourth-order valence-corrected chi connectivity index (χ4v) is 4.54. The average molecular weight is 506 g/mol. The molecule has 35 heavy (non-hydrogen) atoms. The van der Waals surface area contributed by atoms with Crippen LogP contribution in [0, 0.1) is 6.92 Å². The number of hydrogen-bond acceptors (Lipinski definition) is 5. The third-order valence-corrected chi connectivity index (χ3v) is 6.68. The molecule has 0 aliphatic carbocycles. The number of ether oxygens (including phenoxy) is 1. The van der Waals surface area contributed by atoms with Crippen molar-refractivity contribution in [2.24, 2.45) is 5.10 Å². The Balaban J connectivity index is 1.87. The molecule has 1 amide bonds. The molecular weight excluding hydrogens is 483 g/mol. The number of rotatable bonds is 8. The Morgan fingerprint density at radius 3 is 2.40 bits per heavy atom. The molecule has 0 atom stereocenters. The standard InChI is InChI=1S/C24H22F3N3O4S/c1-17-10-12-21(13-11-17)35(32,33)30(19-7-5-8-20(14-19)34-2)16-23(31)29-28-15-18-6-3-4-9-22(18)24(25,26)27/h3-15H,16H2,1-2H3,(H,29,31)/b28-15-. The lowest BCUT2D eigenvalue weighted by molar-refractivity contribution is -0.137. The Kier molecular flexibility index (Phi) is 7.80. The lowest BCUT2D eigenvalue weighted by Gasteiger charge is -2.24. The van der Waals surface area contributed by atoms with E-state index in [2.05, 4.69) is 10.5 Å². The number of sulfonamides is 1. The van der Waals surface area contributed by atoms with Crippen molar-refractivity contribution in [1.82, 2.24) is 5.43 Å². The van der Waals surface area contributed by atoms with Crippen LogP contribution < -0.4 is 14.5 Å². The van der Waals surface area contributed by atoms with Crippen LogP contribution in [0.15, 0.2) is 82.8 Å². The Morgan fingerprint density at radius 2 is 1.74 bits per heavy atom. The molecule has 0 aliphatic heterocycles. The second kappa shape index (κ2) is 10.6. The minimum absolute atomic E-state index is 0.0404. The summed E-state index contributed by atoms with van der Waals surface area (Å²) in [5.74, 6) is -0.488. The van der Waals surface area contributed by atoms with Crippen LogP contribution in [-0.2, 0) is 21.0 Å². The fourth-order valence-electron chi connectivity index (χ4n) is 3.13. The van der Waals surface area contributed by atoms with Gasteiger partial charge in [0.05, 0.1) is 29.5 Å². The zero-order valence-electron chi connectivity index (χ0n) is 18.8. The summed E-state index contributed by atoms with van der Waals surface area (Å²) in [5.41, 5.74) is 1.93. The number of anilines is 1. The van der Waals surface area contributed by atoms with Crippen LogP contribution in [-0.4, -0.2) is 34.2 Å². The number of carbonyl (C=O) groups is 1. The number of methoxy groups -OCH3 is 1. The molecule has 0 radical (unpaired) electrons. The van der Waals surface area contributed by atoms with Crippen molar-refractivity contribution in [3.8, 4) is 5.75 Å². The summed E-state index contributed by atoms with van der Waals surface area (Å²) in [5, 5.41) is 3.59. The van der Waals surface area contributed by atoms with Crippen molar-refractivity contribution in [3.05, 3.63) is 89.5 Å². The van der Waals surface area contributed by atoms with E-state index in [1.807, 2.05) is 0 Å². The Bertz CT molecular complexity index is 1320. The van der Waals surface area contributed by atoms with Gasteiger partial charge in [0.25, 0.3) is 15.9 Å². The number of alkyl halides is 3. The van der Waals surface area contributed by atoms with Gasteiger partial charge in [-0.3, -0.25) is 9.10 Å². The summed E-state index contributed by atoms with van der Waals surface area (Å²) in [6.07, 6.45) is -3.75. The van der Waals surface area contributed by atoms with Crippen molar-refractivity contribution in [1.29, 1.82) is 0 Å². The molecule has 1 N–H and O–H groups in total. The van der Waals surface area contributed by atoms with Crippen molar-refractivity contribution in [2.45, 2.75) is 18.0 Å². The van der Waals surface area contributed by atoms with Crippen LogP contribution in [0.5, 0.6) is 5.75 Å². The molecule has 3 aromatic carbocycles. The molecule has 0 fully saturated rings. The third kappa shape index (κ3) is 6.38. The number of nitrogens with one attached hydrogen (secondary N) is 1. The number of amides is 1. The van der Waals surface area contributed by atoms with Gasteiger partial charge in [-0.1, -0.05) is 42.0 Å². The first-order valence-corrected chi connectivity index (χ1v) is 11.7. The first-order valence-electron chi connectivity index (χ1n) is 10.2. The maximum atomic E-state index is 13.4. The summed E-state index contributed by atoms with van der Waals surface area (Å²) in [7, 11) is -2.76. The zero-order chi connectivity index (χ0) is 25.6. The van der Waals surface area contributed by atoms with Crippen LogP contribution >= 0.6 is 0 Å². The molecule has 0 aromatic heterocycles. The largest absolute Gasteiger partial charge is 0.497 e. The number of halogens is 3. The quantitative estimate of drug-likeness (QED) is 0.364. The molecule has 3 aromatic rings. The molecule has 0 aliphatic rings. The van der Waals surface area contributed by atoms with Gasteiger partial charge < -0.3 is 4.74 Å². The molecule has 0 heterocycles. The Morgan fingerprint density at radius 1 is 1.06 bits per heavy atom. The molecule has 0 saturated carbocycles. The number of aryl methyl sites for hydroxylation is 1. The molecule has 0 bridgehead atoms. The molecule has 7 nitrogen and oxygen atoms in total. The van der Waals surface area contributed by atoms with E-state index in [1.54, 1.807) is 31.2 Å². The van der Waals surface area contributed by atoms with Crippen molar-refractivity contribution in [3.63, 3.8) is 0 Å². The van der Waals surface area contributed by atoms with Gasteiger partial charge in [-0.15, -0.1) is 0 Å². The molecule has 184 valence electrons. The number of nitrogens with zero attached hydrogens (tertiary/aromatic N) is 2. The second-order valence-electron chi connectivity index (χ2n) is 7.40. The first-order chi connectivity index (χ1) is 16.5. The van der Waals surface area contributed by atoms with E-state index in [9.17, 15) is 26.4 Å². The van der Waals surface area contributed by atoms with Crippen LogP contribution in [0.25, 0.3) is 0 Å². The van der Waals surface area contributed by atoms with E-state index in [0.29, 0.717) is 5.75 Å².